The summed E-state index contributed by atoms with van der Waals surface area (Å²) in [5.74, 6) is 0.162. The van der Waals surface area contributed by atoms with Gasteiger partial charge in [0, 0.05) is 11.8 Å². The Kier molecular flexibility index (Phi) is 5.52. The van der Waals surface area contributed by atoms with Gasteiger partial charge in [0.05, 0.1) is 12.3 Å². The van der Waals surface area contributed by atoms with Crippen molar-refractivity contribution in [2.45, 2.75) is 27.2 Å². The number of carbonyl (C=O) groups is 1. The molecular weight excluding hydrogens is 324 g/mol. The molecule has 1 aromatic heterocycles. The fourth-order valence-electron chi connectivity index (χ4n) is 2.63. The zero-order valence-corrected chi connectivity index (χ0v) is 15.5. The number of carbonyl (C=O) groups excluding carboxylic acids is 1. The van der Waals surface area contributed by atoms with Gasteiger partial charge in [0.2, 0.25) is 0 Å². The van der Waals surface area contributed by atoms with E-state index in [1.807, 2.05) is 61.5 Å². The lowest BCUT2D eigenvalue weighted by Crippen LogP contribution is -2.08. The van der Waals surface area contributed by atoms with Gasteiger partial charge in [0.1, 0.15) is 11.3 Å². The van der Waals surface area contributed by atoms with E-state index < -0.39 is 0 Å². The molecule has 0 unspecified atom stereocenters. The number of hydrogen-bond donors (Lipinski definition) is 0. The Labute approximate surface area is 154 Å². The third-order valence-corrected chi connectivity index (χ3v) is 4.21. The molecule has 0 radical (unpaired) electrons. The molecule has 1 heterocycles. The van der Waals surface area contributed by atoms with Gasteiger partial charge in [-0.1, -0.05) is 61.9 Å². The molecule has 4 nitrogen and oxygen atoms in total. The summed E-state index contributed by atoms with van der Waals surface area (Å²) >= 11 is 0. The van der Waals surface area contributed by atoms with Crippen molar-refractivity contribution in [2.75, 3.05) is 6.61 Å². The first-order valence-electron chi connectivity index (χ1n) is 8.94. The van der Waals surface area contributed by atoms with Crippen molar-refractivity contribution in [3.05, 3.63) is 71.9 Å². The van der Waals surface area contributed by atoms with Crippen molar-refractivity contribution < 1.29 is 9.53 Å². The van der Waals surface area contributed by atoms with Crippen molar-refractivity contribution in [1.82, 2.24) is 9.78 Å². The highest BCUT2D eigenvalue weighted by Crippen LogP contribution is 2.25. The number of aryl methyl sites for hydroxylation is 1. The molecule has 0 atom stereocenters. The minimum absolute atomic E-state index is 0.330. The monoisotopic (exact) mass is 348 g/mol. The quantitative estimate of drug-likeness (QED) is 0.586. The van der Waals surface area contributed by atoms with Crippen LogP contribution in [-0.2, 0) is 4.74 Å². The van der Waals surface area contributed by atoms with Crippen molar-refractivity contribution in [1.29, 1.82) is 0 Å². The number of aromatic nitrogens is 2. The summed E-state index contributed by atoms with van der Waals surface area (Å²) in [6.45, 7) is 6.67. The van der Waals surface area contributed by atoms with Crippen LogP contribution in [0.15, 0.2) is 60.8 Å². The predicted octanol–water partition coefficient (Wildman–Crippen LogP) is 5.05. The Hall–Kier alpha value is -2.88. The van der Waals surface area contributed by atoms with Crippen LogP contribution >= 0.6 is 0 Å². The second-order valence-corrected chi connectivity index (χ2v) is 6.86. The maximum absolute atomic E-state index is 12.7. The highest BCUT2D eigenvalue weighted by molar-refractivity contribution is 5.96. The van der Waals surface area contributed by atoms with Crippen LogP contribution in [0.3, 0.4) is 0 Å². The summed E-state index contributed by atoms with van der Waals surface area (Å²) in [5, 5.41) is 4.66. The van der Waals surface area contributed by atoms with Gasteiger partial charge in [0.15, 0.2) is 0 Å². The summed E-state index contributed by atoms with van der Waals surface area (Å²) < 4.78 is 7.21. The van der Waals surface area contributed by atoms with Gasteiger partial charge in [-0.2, -0.15) is 5.10 Å². The molecular formula is C22H24N2O2. The van der Waals surface area contributed by atoms with Gasteiger partial charge in [-0.05, 0) is 31.4 Å². The normalized spacial score (nSPS) is 10.9. The van der Waals surface area contributed by atoms with E-state index in [1.165, 1.54) is 0 Å². The second kappa shape index (κ2) is 8.00. The average molecular weight is 348 g/mol. The molecule has 26 heavy (non-hydrogen) atoms. The van der Waals surface area contributed by atoms with Crippen LogP contribution in [-0.4, -0.2) is 22.4 Å². The molecule has 0 N–H and O–H groups in total. The third-order valence-electron chi connectivity index (χ3n) is 4.21. The molecule has 0 bridgehead atoms. The highest BCUT2D eigenvalue weighted by Gasteiger charge is 2.20. The minimum Gasteiger partial charge on any atom is -0.462 e. The van der Waals surface area contributed by atoms with Crippen molar-refractivity contribution in [3.63, 3.8) is 0 Å². The minimum atomic E-state index is -0.330. The van der Waals surface area contributed by atoms with E-state index in [1.54, 1.807) is 10.9 Å². The van der Waals surface area contributed by atoms with Crippen LogP contribution in [0.2, 0.25) is 0 Å². The fourth-order valence-corrected chi connectivity index (χ4v) is 2.63. The van der Waals surface area contributed by atoms with Crippen LogP contribution in [0, 0.1) is 12.8 Å². The maximum Gasteiger partial charge on any atom is 0.342 e. The zero-order valence-electron chi connectivity index (χ0n) is 15.5. The Bertz CT molecular complexity index is 865. The van der Waals surface area contributed by atoms with Gasteiger partial charge >= 0.3 is 5.97 Å². The number of esters is 1. The number of benzene rings is 2. The number of para-hydroxylation sites is 1. The molecule has 0 saturated heterocycles. The lowest BCUT2D eigenvalue weighted by Gasteiger charge is -2.07. The number of rotatable bonds is 6. The second-order valence-electron chi connectivity index (χ2n) is 6.86. The Morgan fingerprint density at radius 3 is 2.42 bits per heavy atom. The first kappa shape index (κ1) is 17.9. The molecule has 0 fully saturated rings. The number of nitrogens with zero attached hydrogens (tertiary/aromatic N) is 2. The molecule has 4 heteroatoms. The first-order chi connectivity index (χ1) is 12.5. The lowest BCUT2D eigenvalue weighted by atomic mass is 10.1. The summed E-state index contributed by atoms with van der Waals surface area (Å²) in [6, 6.07) is 17.8. The molecule has 3 rings (SSSR count). The van der Waals surface area contributed by atoms with E-state index >= 15 is 0 Å². The first-order valence-corrected chi connectivity index (χ1v) is 8.94. The molecule has 0 amide bonds. The van der Waals surface area contributed by atoms with Gasteiger partial charge in [0.25, 0.3) is 0 Å². The van der Waals surface area contributed by atoms with Crippen LogP contribution in [0.1, 0.15) is 36.2 Å². The molecule has 0 aliphatic rings. The predicted molar refractivity (Wildman–Crippen MR) is 103 cm³/mol. The highest BCUT2D eigenvalue weighted by atomic mass is 16.5. The van der Waals surface area contributed by atoms with Gasteiger partial charge < -0.3 is 4.74 Å². The van der Waals surface area contributed by atoms with Crippen LogP contribution < -0.4 is 0 Å². The van der Waals surface area contributed by atoms with Crippen LogP contribution in [0.5, 0.6) is 0 Å². The molecule has 0 spiro atoms. The molecule has 0 aliphatic heterocycles. The number of ether oxygens (including phenoxy) is 1. The van der Waals surface area contributed by atoms with E-state index in [0.29, 0.717) is 23.8 Å². The van der Waals surface area contributed by atoms with Gasteiger partial charge in [-0.3, -0.25) is 0 Å². The molecule has 0 saturated carbocycles. The smallest absolute Gasteiger partial charge is 0.342 e. The molecule has 0 aliphatic carbocycles. The van der Waals surface area contributed by atoms with E-state index in [4.69, 9.17) is 4.74 Å². The van der Waals surface area contributed by atoms with Gasteiger partial charge in [-0.15, -0.1) is 0 Å². The van der Waals surface area contributed by atoms with E-state index in [2.05, 4.69) is 18.9 Å². The maximum atomic E-state index is 12.7. The lowest BCUT2D eigenvalue weighted by molar-refractivity contribution is 0.0489. The Balaban J connectivity index is 1.96. The Morgan fingerprint density at radius 2 is 1.77 bits per heavy atom. The van der Waals surface area contributed by atoms with Crippen molar-refractivity contribution in [3.8, 4) is 16.9 Å². The summed E-state index contributed by atoms with van der Waals surface area (Å²) in [7, 11) is 0. The topological polar surface area (TPSA) is 44.1 Å². The average Bonchev–Trinajstić information content (AvgIpc) is 3.08. The SMILES string of the molecule is Cc1ccc(-c2nn(-c3ccccc3)cc2C(=O)OCCC(C)C)cc1. The fraction of sp³-hybridized carbons (Fsp3) is 0.273. The number of hydrogen-bond acceptors (Lipinski definition) is 3. The van der Waals surface area contributed by atoms with E-state index in [9.17, 15) is 4.79 Å². The van der Waals surface area contributed by atoms with Crippen molar-refractivity contribution in [2.24, 2.45) is 5.92 Å². The largest absolute Gasteiger partial charge is 0.462 e. The summed E-state index contributed by atoms with van der Waals surface area (Å²) in [4.78, 5) is 12.7. The summed E-state index contributed by atoms with van der Waals surface area (Å²) in [5.41, 5.74) is 4.10. The van der Waals surface area contributed by atoms with E-state index in [0.717, 1.165) is 23.2 Å². The molecule has 3 aromatic rings. The molecule has 134 valence electrons. The third kappa shape index (κ3) is 4.20. The van der Waals surface area contributed by atoms with Gasteiger partial charge in [-0.25, -0.2) is 9.48 Å². The summed E-state index contributed by atoms with van der Waals surface area (Å²) in [6.07, 6.45) is 2.60. The van der Waals surface area contributed by atoms with Crippen LogP contribution in [0.4, 0.5) is 0 Å². The Morgan fingerprint density at radius 1 is 1.08 bits per heavy atom. The van der Waals surface area contributed by atoms with E-state index in [-0.39, 0.29) is 5.97 Å². The van der Waals surface area contributed by atoms with Crippen molar-refractivity contribution >= 4 is 5.97 Å². The standard InChI is InChI=1S/C22H24N2O2/c1-16(2)13-14-26-22(25)20-15-24(19-7-5-4-6-8-19)23-21(20)18-11-9-17(3)10-12-18/h4-12,15-16H,13-14H2,1-3H3. The molecule has 2 aromatic carbocycles. The van der Waals surface area contributed by atoms with Crippen LogP contribution in [0.25, 0.3) is 16.9 Å². The zero-order chi connectivity index (χ0) is 18.5.